The quantitative estimate of drug-likeness (QED) is 0.776. The van der Waals surface area contributed by atoms with Gasteiger partial charge in [0.2, 0.25) is 0 Å². The minimum atomic E-state index is -0.247. The summed E-state index contributed by atoms with van der Waals surface area (Å²) in [4.78, 5) is 11.8. The molecule has 0 fully saturated rings. The van der Waals surface area contributed by atoms with Crippen LogP contribution in [0.4, 0.5) is 0 Å². The Balaban J connectivity index is 2.38. The van der Waals surface area contributed by atoms with E-state index in [2.05, 4.69) is 10.2 Å². The van der Waals surface area contributed by atoms with E-state index in [4.69, 9.17) is 4.74 Å². The summed E-state index contributed by atoms with van der Waals surface area (Å²) in [5, 5.41) is 6.73. The summed E-state index contributed by atoms with van der Waals surface area (Å²) in [7, 11) is 1.63. The van der Waals surface area contributed by atoms with E-state index in [1.807, 2.05) is 38.1 Å². The van der Waals surface area contributed by atoms with Crippen molar-refractivity contribution in [1.29, 1.82) is 0 Å². The number of hydrogen-bond donors (Lipinski definition) is 1. The summed E-state index contributed by atoms with van der Waals surface area (Å²) in [5.41, 5.74) is 4.24. The van der Waals surface area contributed by atoms with E-state index in [-0.39, 0.29) is 5.69 Å². The molecule has 3 aromatic rings. The lowest BCUT2D eigenvalue weighted by Crippen LogP contribution is -2.17. The number of H-pyrrole nitrogens is 1. The minimum Gasteiger partial charge on any atom is -0.496 e. The summed E-state index contributed by atoms with van der Waals surface area (Å²) in [6.45, 7) is 3.96. The first-order valence-corrected chi connectivity index (χ1v) is 6.33. The van der Waals surface area contributed by atoms with Crippen molar-refractivity contribution < 1.29 is 4.74 Å². The van der Waals surface area contributed by atoms with E-state index in [0.29, 0.717) is 5.69 Å². The fourth-order valence-corrected chi connectivity index (χ4v) is 2.39. The van der Waals surface area contributed by atoms with Gasteiger partial charge in [-0.3, -0.25) is 4.40 Å². The van der Waals surface area contributed by atoms with Crippen LogP contribution in [-0.2, 0) is 0 Å². The van der Waals surface area contributed by atoms with Crippen LogP contribution in [0.15, 0.2) is 35.3 Å². The standard InChI is InChI=1S/C15H15N3O2/c1-9-4-5-11(12(8-9)20-3)13-14-10(2)6-7-18(14)15(19)17-16-13/h4-8H,1-3H3,(H,17,19). The highest BCUT2D eigenvalue weighted by molar-refractivity contribution is 5.82. The summed E-state index contributed by atoms with van der Waals surface area (Å²) in [6, 6.07) is 7.81. The van der Waals surface area contributed by atoms with Gasteiger partial charge in [-0.05, 0) is 43.2 Å². The van der Waals surface area contributed by atoms with Crippen LogP contribution in [0.5, 0.6) is 5.75 Å². The van der Waals surface area contributed by atoms with Gasteiger partial charge < -0.3 is 4.74 Å². The summed E-state index contributed by atoms with van der Waals surface area (Å²) in [5.74, 6) is 0.743. The topological polar surface area (TPSA) is 59.4 Å². The fraction of sp³-hybridized carbons (Fsp3) is 0.200. The lowest BCUT2D eigenvalue weighted by molar-refractivity contribution is 0.416. The molecule has 2 heterocycles. The number of nitrogens with one attached hydrogen (secondary N) is 1. The maximum absolute atomic E-state index is 11.8. The van der Waals surface area contributed by atoms with E-state index in [0.717, 1.165) is 28.0 Å². The van der Waals surface area contributed by atoms with E-state index < -0.39 is 0 Å². The molecule has 0 saturated heterocycles. The van der Waals surface area contributed by atoms with Gasteiger partial charge in [-0.1, -0.05) is 6.07 Å². The molecule has 2 aromatic heterocycles. The second-order valence-electron chi connectivity index (χ2n) is 4.80. The molecule has 5 nitrogen and oxygen atoms in total. The van der Waals surface area contributed by atoms with Crippen molar-refractivity contribution in [3.63, 3.8) is 0 Å². The predicted molar refractivity (Wildman–Crippen MR) is 77.3 cm³/mol. The monoisotopic (exact) mass is 269 g/mol. The van der Waals surface area contributed by atoms with Gasteiger partial charge in [0.05, 0.1) is 12.6 Å². The molecule has 20 heavy (non-hydrogen) atoms. The van der Waals surface area contributed by atoms with Gasteiger partial charge in [0.1, 0.15) is 11.4 Å². The number of benzene rings is 1. The molecule has 0 saturated carbocycles. The molecule has 5 heteroatoms. The van der Waals surface area contributed by atoms with Crippen LogP contribution in [0.3, 0.4) is 0 Å². The molecule has 0 radical (unpaired) electrons. The first kappa shape index (κ1) is 12.5. The Bertz CT molecular complexity index is 846. The lowest BCUT2D eigenvalue weighted by Gasteiger charge is -2.10. The molecule has 0 atom stereocenters. The third-order valence-corrected chi connectivity index (χ3v) is 3.41. The average molecular weight is 269 g/mol. The highest BCUT2D eigenvalue weighted by atomic mass is 16.5. The Hall–Kier alpha value is -2.56. The van der Waals surface area contributed by atoms with E-state index >= 15 is 0 Å². The maximum Gasteiger partial charge on any atom is 0.346 e. The van der Waals surface area contributed by atoms with Crippen molar-refractivity contribution >= 4 is 5.52 Å². The molecule has 1 aromatic carbocycles. The van der Waals surface area contributed by atoms with Gasteiger partial charge >= 0.3 is 5.69 Å². The van der Waals surface area contributed by atoms with Crippen molar-refractivity contribution in [1.82, 2.24) is 14.6 Å². The SMILES string of the molecule is COc1cc(C)ccc1-c1n[nH]c(=O)n2ccc(C)c12. The zero-order chi connectivity index (χ0) is 14.3. The molecular weight excluding hydrogens is 254 g/mol. The number of aryl methyl sites for hydroxylation is 2. The molecule has 0 aliphatic heterocycles. The smallest absolute Gasteiger partial charge is 0.346 e. The number of rotatable bonds is 2. The summed E-state index contributed by atoms with van der Waals surface area (Å²) < 4.78 is 7.00. The third-order valence-electron chi connectivity index (χ3n) is 3.41. The van der Waals surface area contributed by atoms with Crippen LogP contribution < -0.4 is 10.4 Å². The number of ether oxygens (including phenoxy) is 1. The summed E-state index contributed by atoms with van der Waals surface area (Å²) in [6.07, 6.45) is 1.75. The minimum absolute atomic E-state index is 0.247. The largest absolute Gasteiger partial charge is 0.496 e. The molecule has 0 bridgehead atoms. The molecular formula is C15H15N3O2. The second kappa shape index (κ2) is 4.52. The third kappa shape index (κ3) is 1.79. The lowest BCUT2D eigenvalue weighted by atomic mass is 10.1. The van der Waals surface area contributed by atoms with Gasteiger partial charge in [0.15, 0.2) is 0 Å². The van der Waals surface area contributed by atoms with Crippen LogP contribution in [0, 0.1) is 13.8 Å². The Labute approximate surface area is 115 Å². The van der Waals surface area contributed by atoms with Crippen molar-refractivity contribution in [2.45, 2.75) is 13.8 Å². The molecule has 0 spiro atoms. The van der Waals surface area contributed by atoms with Crippen LogP contribution >= 0.6 is 0 Å². The normalized spacial score (nSPS) is 10.9. The van der Waals surface area contributed by atoms with Crippen LogP contribution in [-0.4, -0.2) is 21.7 Å². The first-order chi connectivity index (χ1) is 9.61. The highest BCUT2D eigenvalue weighted by Crippen LogP contribution is 2.32. The molecule has 0 amide bonds. The Kier molecular flexibility index (Phi) is 2.82. The van der Waals surface area contributed by atoms with Gasteiger partial charge in [0.25, 0.3) is 0 Å². The van der Waals surface area contributed by atoms with Gasteiger partial charge in [0, 0.05) is 11.8 Å². The number of aromatic nitrogens is 3. The highest BCUT2D eigenvalue weighted by Gasteiger charge is 2.15. The van der Waals surface area contributed by atoms with Gasteiger partial charge in [-0.15, -0.1) is 0 Å². The second-order valence-corrected chi connectivity index (χ2v) is 4.80. The van der Waals surface area contributed by atoms with Crippen LogP contribution in [0.2, 0.25) is 0 Å². The number of nitrogens with zero attached hydrogens (tertiary/aromatic N) is 2. The first-order valence-electron chi connectivity index (χ1n) is 6.33. The number of methoxy groups -OCH3 is 1. The molecule has 1 N–H and O–H groups in total. The van der Waals surface area contributed by atoms with E-state index in [1.54, 1.807) is 17.7 Å². The average Bonchev–Trinajstić information content (AvgIpc) is 2.83. The maximum atomic E-state index is 11.8. The molecule has 0 unspecified atom stereocenters. The zero-order valence-electron chi connectivity index (χ0n) is 11.6. The van der Waals surface area contributed by atoms with Crippen LogP contribution in [0.1, 0.15) is 11.1 Å². The van der Waals surface area contributed by atoms with E-state index in [1.165, 1.54) is 0 Å². The predicted octanol–water partition coefficient (Wildman–Crippen LogP) is 2.32. The number of hydrogen-bond acceptors (Lipinski definition) is 3. The molecule has 0 aliphatic carbocycles. The summed E-state index contributed by atoms with van der Waals surface area (Å²) >= 11 is 0. The molecule has 102 valence electrons. The molecule has 0 aliphatic rings. The Morgan fingerprint density at radius 2 is 2.05 bits per heavy atom. The number of fused-ring (bicyclic) bond motifs is 1. The zero-order valence-corrected chi connectivity index (χ0v) is 11.6. The van der Waals surface area contributed by atoms with Gasteiger partial charge in [-0.2, -0.15) is 5.10 Å². The number of aromatic amines is 1. The van der Waals surface area contributed by atoms with Crippen molar-refractivity contribution in [3.8, 4) is 17.0 Å². The van der Waals surface area contributed by atoms with Crippen molar-refractivity contribution in [2.75, 3.05) is 7.11 Å². The van der Waals surface area contributed by atoms with Crippen molar-refractivity contribution in [2.24, 2.45) is 0 Å². The van der Waals surface area contributed by atoms with Crippen molar-refractivity contribution in [3.05, 3.63) is 52.1 Å². The van der Waals surface area contributed by atoms with Gasteiger partial charge in [-0.25, -0.2) is 9.89 Å². The van der Waals surface area contributed by atoms with Crippen LogP contribution in [0.25, 0.3) is 16.8 Å². The Morgan fingerprint density at radius 1 is 1.25 bits per heavy atom. The Morgan fingerprint density at radius 3 is 2.80 bits per heavy atom. The fourth-order valence-electron chi connectivity index (χ4n) is 2.39. The van der Waals surface area contributed by atoms with E-state index in [9.17, 15) is 4.79 Å². The molecule has 3 rings (SSSR count).